The Labute approximate surface area is 160 Å². The molecular formula is C18H17ClN2O6. The Balaban J connectivity index is 2.00. The maximum atomic E-state index is 11.9. The number of nitrogens with one attached hydrogen (secondary N) is 1. The van der Waals surface area contributed by atoms with Crippen molar-refractivity contribution in [3.05, 3.63) is 63.2 Å². The molecule has 0 spiro atoms. The third-order valence-electron chi connectivity index (χ3n) is 3.34. The minimum atomic E-state index is -0.661. The van der Waals surface area contributed by atoms with E-state index in [0.29, 0.717) is 6.54 Å². The highest BCUT2D eigenvalue weighted by Gasteiger charge is 2.17. The van der Waals surface area contributed by atoms with Crippen LogP contribution in [0.2, 0.25) is 5.02 Å². The van der Waals surface area contributed by atoms with Crippen molar-refractivity contribution >= 4 is 29.2 Å². The Morgan fingerprint density at radius 2 is 1.89 bits per heavy atom. The summed E-state index contributed by atoms with van der Waals surface area (Å²) in [5.74, 6) is -0.726. The first kappa shape index (κ1) is 20.2. The van der Waals surface area contributed by atoms with E-state index in [-0.39, 0.29) is 40.3 Å². The van der Waals surface area contributed by atoms with Gasteiger partial charge in [-0.15, -0.1) is 0 Å². The normalized spacial score (nSPS) is 10.1. The first-order valence-corrected chi connectivity index (χ1v) is 8.44. The molecular weight excluding hydrogens is 376 g/mol. The van der Waals surface area contributed by atoms with Crippen molar-refractivity contribution < 1.29 is 24.0 Å². The lowest BCUT2D eigenvalue weighted by atomic mass is 10.2. The van der Waals surface area contributed by atoms with Crippen molar-refractivity contribution in [3.63, 3.8) is 0 Å². The van der Waals surface area contributed by atoms with Gasteiger partial charge in [-0.25, -0.2) is 4.79 Å². The summed E-state index contributed by atoms with van der Waals surface area (Å²) in [5.41, 5.74) is -0.0553. The van der Waals surface area contributed by atoms with Gasteiger partial charge in [-0.1, -0.05) is 18.5 Å². The summed E-state index contributed by atoms with van der Waals surface area (Å²) < 4.78 is 10.4. The zero-order valence-corrected chi connectivity index (χ0v) is 15.2. The van der Waals surface area contributed by atoms with Crippen LogP contribution < -0.4 is 10.1 Å². The lowest BCUT2D eigenvalue weighted by molar-refractivity contribution is -0.385. The number of carbonyl (C=O) groups is 2. The van der Waals surface area contributed by atoms with E-state index in [4.69, 9.17) is 21.1 Å². The van der Waals surface area contributed by atoms with Gasteiger partial charge in [-0.3, -0.25) is 14.9 Å². The number of carbonyl (C=O) groups excluding carboxylic acids is 2. The second-order valence-electron chi connectivity index (χ2n) is 5.42. The smallest absolute Gasteiger partial charge is 0.338 e. The molecule has 0 aliphatic heterocycles. The molecule has 0 atom stereocenters. The molecule has 1 amide bonds. The molecule has 0 unspecified atom stereocenters. The predicted molar refractivity (Wildman–Crippen MR) is 98.2 cm³/mol. The summed E-state index contributed by atoms with van der Waals surface area (Å²) in [6.07, 6.45) is 0.785. The molecule has 2 aromatic rings. The number of nitrogens with zero attached hydrogens (tertiary/aromatic N) is 1. The van der Waals surface area contributed by atoms with Crippen molar-refractivity contribution in [3.8, 4) is 11.5 Å². The van der Waals surface area contributed by atoms with E-state index in [1.54, 1.807) is 0 Å². The third kappa shape index (κ3) is 5.96. The molecule has 2 aromatic carbocycles. The zero-order chi connectivity index (χ0) is 19.8. The fourth-order valence-electron chi connectivity index (χ4n) is 2.04. The number of halogens is 1. The maximum absolute atomic E-state index is 11.9. The zero-order valence-electron chi connectivity index (χ0n) is 14.4. The lowest BCUT2D eigenvalue weighted by Gasteiger charge is -2.08. The highest BCUT2D eigenvalue weighted by atomic mass is 35.5. The average Bonchev–Trinajstić information content (AvgIpc) is 2.66. The van der Waals surface area contributed by atoms with E-state index in [0.717, 1.165) is 6.42 Å². The van der Waals surface area contributed by atoms with E-state index < -0.39 is 10.9 Å². The molecule has 2 rings (SSSR count). The summed E-state index contributed by atoms with van der Waals surface area (Å²) in [7, 11) is 0. The number of benzene rings is 2. The molecule has 142 valence electrons. The van der Waals surface area contributed by atoms with E-state index in [1.807, 2.05) is 6.92 Å². The Bertz CT molecular complexity index is 838. The second-order valence-corrected chi connectivity index (χ2v) is 5.86. The van der Waals surface area contributed by atoms with Gasteiger partial charge in [0.2, 0.25) is 5.75 Å². The molecule has 0 heterocycles. The maximum Gasteiger partial charge on any atom is 0.338 e. The Morgan fingerprint density at radius 3 is 2.52 bits per heavy atom. The van der Waals surface area contributed by atoms with Gasteiger partial charge in [-0.05, 0) is 42.8 Å². The summed E-state index contributed by atoms with van der Waals surface area (Å²) >= 11 is 5.76. The highest BCUT2D eigenvalue weighted by molar-refractivity contribution is 6.30. The lowest BCUT2D eigenvalue weighted by Crippen LogP contribution is -2.29. The van der Waals surface area contributed by atoms with Gasteiger partial charge in [0, 0.05) is 17.6 Å². The second kappa shape index (κ2) is 9.54. The van der Waals surface area contributed by atoms with Crippen molar-refractivity contribution in [1.82, 2.24) is 5.32 Å². The number of ether oxygens (including phenoxy) is 2. The summed E-state index contributed by atoms with van der Waals surface area (Å²) in [6.45, 7) is 2.06. The molecule has 0 aromatic heterocycles. The molecule has 9 heteroatoms. The van der Waals surface area contributed by atoms with Crippen LogP contribution in [0.25, 0.3) is 0 Å². The molecule has 8 nitrogen and oxygen atoms in total. The topological polar surface area (TPSA) is 108 Å². The minimum Gasteiger partial charge on any atom is -0.452 e. The van der Waals surface area contributed by atoms with Crippen LogP contribution in [0.1, 0.15) is 23.7 Å². The number of nitro groups is 1. The van der Waals surface area contributed by atoms with Crippen LogP contribution in [0, 0.1) is 10.1 Å². The van der Waals surface area contributed by atoms with Gasteiger partial charge >= 0.3 is 11.7 Å². The molecule has 0 saturated carbocycles. The van der Waals surface area contributed by atoms with Gasteiger partial charge in [0.1, 0.15) is 5.75 Å². The standard InChI is InChI=1S/C18H17ClN2O6/c1-2-9-20-17(22)11-26-18(23)12-3-6-14(7-4-12)27-16-8-5-13(19)10-15(16)21(24)25/h3-8,10H,2,9,11H2,1H3,(H,20,22). The van der Waals surface area contributed by atoms with E-state index >= 15 is 0 Å². The summed E-state index contributed by atoms with van der Waals surface area (Å²) in [6, 6.07) is 9.84. The SMILES string of the molecule is CCCNC(=O)COC(=O)c1ccc(Oc2ccc(Cl)cc2[N+](=O)[O-])cc1. The van der Waals surface area contributed by atoms with E-state index in [9.17, 15) is 19.7 Å². The molecule has 0 aliphatic rings. The third-order valence-corrected chi connectivity index (χ3v) is 3.58. The number of nitro benzene ring substituents is 1. The van der Waals surface area contributed by atoms with Crippen molar-refractivity contribution in [2.75, 3.05) is 13.2 Å². The van der Waals surface area contributed by atoms with E-state index in [2.05, 4.69) is 5.32 Å². The minimum absolute atomic E-state index is 0.0207. The Hall–Kier alpha value is -3.13. The number of esters is 1. The summed E-state index contributed by atoms with van der Waals surface area (Å²) in [4.78, 5) is 33.8. The Morgan fingerprint density at radius 1 is 1.19 bits per heavy atom. The average molecular weight is 393 g/mol. The van der Waals surface area contributed by atoms with Gasteiger partial charge < -0.3 is 14.8 Å². The van der Waals surface area contributed by atoms with Gasteiger partial charge in [0.15, 0.2) is 6.61 Å². The quantitative estimate of drug-likeness (QED) is 0.416. The number of rotatable bonds is 8. The monoisotopic (exact) mass is 392 g/mol. The molecule has 0 fully saturated rings. The van der Waals surface area contributed by atoms with Crippen LogP contribution in [-0.2, 0) is 9.53 Å². The number of hydrogen-bond acceptors (Lipinski definition) is 6. The van der Waals surface area contributed by atoms with Crippen LogP contribution in [0.4, 0.5) is 5.69 Å². The number of amides is 1. The van der Waals surface area contributed by atoms with Crippen LogP contribution in [0.15, 0.2) is 42.5 Å². The molecule has 0 bridgehead atoms. The molecule has 1 N–H and O–H groups in total. The molecule has 0 aliphatic carbocycles. The molecule has 0 radical (unpaired) electrons. The fourth-order valence-corrected chi connectivity index (χ4v) is 2.20. The first-order chi connectivity index (χ1) is 12.9. The van der Waals surface area contributed by atoms with Crippen LogP contribution >= 0.6 is 11.6 Å². The summed E-state index contributed by atoms with van der Waals surface area (Å²) in [5, 5.41) is 13.9. The van der Waals surface area contributed by atoms with Crippen LogP contribution in [-0.4, -0.2) is 30.0 Å². The van der Waals surface area contributed by atoms with Gasteiger partial charge in [-0.2, -0.15) is 0 Å². The Kier molecular flexibility index (Phi) is 7.13. The molecule has 27 heavy (non-hydrogen) atoms. The van der Waals surface area contributed by atoms with Crippen molar-refractivity contribution in [1.29, 1.82) is 0 Å². The first-order valence-electron chi connectivity index (χ1n) is 8.06. The predicted octanol–water partition coefficient (Wildman–Crippen LogP) is 3.72. The fraction of sp³-hybridized carbons (Fsp3) is 0.222. The largest absolute Gasteiger partial charge is 0.452 e. The van der Waals surface area contributed by atoms with Crippen molar-refractivity contribution in [2.24, 2.45) is 0 Å². The van der Waals surface area contributed by atoms with Crippen LogP contribution in [0.3, 0.4) is 0 Å². The van der Waals surface area contributed by atoms with Crippen LogP contribution in [0.5, 0.6) is 11.5 Å². The van der Waals surface area contributed by atoms with E-state index in [1.165, 1.54) is 42.5 Å². The number of hydrogen-bond donors (Lipinski definition) is 1. The van der Waals surface area contributed by atoms with Crippen molar-refractivity contribution in [2.45, 2.75) is 13.3 Å². The van der Waals surface area contributed by atoms with Gasteiger partial charge in [0.05, 0.1) is 10.5 Å². The van der Waals surface area contributed by atoms with Gasteiger partial charge in [0.25, 0.3) is 5.91 Å². The molecule has 0 saturated heterocycles. The highest BCUT2D eigenvalue weighted by Crippen LogP contribution is 2.33.